The fourth-order valence-corrected chi connectivity index (χ4v) is 2.69. The van der Waals surface area contributed by atoms with E-state index in [0.717, 1.165) is 17.0 Å². The fourth-order valence-electron chi connectivity index (χ4n) is 2.57. The molecule has 1 amide bonds. The number of halogens is 1. The second-order valence-electron chi connectivity index (χ2n) is 6.10. The molecular formula is C18H18ClN5O3. The molecule has 0 spiro atoms. The van der Waals surface area contributed by atoms with Crippen LogP contribution in [0, 0.1) is 13.8 Å². The van der Waals surface area contributed by atoms with Crippen LogP contribution in [0.3, 0.4) is 0 Å². The second kappa shape index (κ2) is 7.71. The molecule has 1 aromatic carbocycles. The van der Waals surface area contributed by atoms with Gasteiger partial charge >= 0.3 is 5.97 Å². The molecule has 0 aliphatic heterocycles. The molecule has 0 bridgehead atoms. The van der Waals surface area contributed by atoms with Gasteiger partial charge in [-0.25, -0.2) is 14.3 Å². The summed E-state index contributed by atoms with van der Waals surface area (Å²) in [6.07, 6.45) is 0. The number of amides is 1. The molecule has 0 unspecified atom stereocenters. The maximum Gasteiger partial charge on any atom is 0.378 e. The van der Waals surface area contributed by atoms with Crippen molar-refractivity contribution in [2.75, 3.05) is 6.61 Å². The Bertz CT molecular complexity index is 1000. The molecule has 1 atom stereocenters. The summed E-state index contributed by atoms with van der Waals surface area (Å²) in [5.74, 6) is -1.05. The molecule has 0 radical (unpaired) electrons. The third-order valence-electron chi connectivity index (χ3n) is 3.88. The van der Waals surface area contributed by atoms with Crippen molar-refractivity contribution in [1.29, 1.82) is 0 Å². The monoisotopic (exact) mass is 387 g/mol. The Kier molecular flexibility index (Phi) is 5.36. The van der Waals surface area contributed by atoms with Crippen LogP contribution in [0.2, 0.25) is 5.02 Å². The minimum Gasteiger partial charge on any atom is -0.450 e. The first-order valence-corrected chi connectivity index (χ1v) is 8.64. The van der Waals surface area contributed by atoms with Gasteiger partial charge in [-0.05, 0) is 44.5 Å². The minimum absolute atomic E-state index is 0.144. The molecule has 0 aliphatic rings. The molecule has 8 nitrogen and oxygen atoms in total. The predicted molar refractivity (Wildman–Crippen MR) is 98.5 cm³/mol. The number of nitrogens with zero attached hydrogens (tertiary/aromatic N) is 4. The van der Waals surface area contributed by atoms with Gasteiger partial charge in [-0.1, -0.05) is 23.7 Å². The summed E-state index contributed by atoms with van der Waals surface area (Å²) < 4.78 is 6.46. The van der Waals surface area contributed by atoms with Crippen LogP contribution < -0.4 is 5.32 Å². The number of nitrogens with one attached hydrogen (secondary N) is 1. The van der Waals surface area contributed by atoms with Crippen molar-refractivity contribution in [1.82, 2.24) is 24.9 Å². The van der Waals surface area contributed by atoms with Crippen LogP contribution in [0.1, 0.15) is 40.5 Å². The number of carbonyl (C=O) groups excluding carboxylic acids is 2. The lowest BCUT2D eigenvalue weighted by Gasteiger charge is -2.14. The van der Waals surface area contributed by atoms with Crippen LogP contribution in [-0.2, 0) is 9.53 Å². The Morgan fingerprint density at radius 3 is 2.63 bits per heavy atom. The Balaban J connectivity index is 1.59. The van der Waals surface area contributed by atoms with Gasteiger partial charge in [0.2, 0.25) is 0 Å². The SMILES string of the molecule is Cc1cc(C)n2nc(C(=O)OCC(=O)N[C@H](C)c3ccc(Cl)cc3)nc2n1. The molecule has 0 aliphatic carbocycles. The van der Waals surface area contributed by atoms with E-state index in [0.29, 0.717) is 10.8 Å². The zero-order valence-electron chi connectivity index (χ0n) is 15.1. The first-order valence-electron chi connectivity index (χ1n) is 8.26. The van der Waals surface area contributed by atoms with Crippen molar-refractivity contribution in [3.05, 3.63) is 58.1 Å². The lowest BCUT2D eigenvalue weighted by Crippen LogP contribution is -2.31. The van der Waals surface area contributed by atoms with E-state index in [2.05, 4.69) is 20.4 Å². The first kappa shape index (κ1) is 18.8. The summed E-state index contributed by atoms with van der Waals surface area (Å²) in [7, 11) is 0. The number of carbonyl (C=O) groups is 2. The lowest BCUT2D eigenvalue weighted by atomic mass is 10.1. The Morgan fingerprint density at radius 2 is 1.93 bits per heavy atom. The summed E-state index contributed by atoms with van der Waals surface area (Å²) in [4.78, 5) is 32.4. The molecule has 1 N–H and O–H groups in total. The number of aryl methyl sites for hydroxylation is 2. The van der Waals surface area contributed by atoms with Crippen LogP contribution in [-0.4, -0.2) is 38.1 Å². The molecule has 0 saturated heterocycles. The van der Waals surface area contributed by atoms with E-state index >= 15 is 0 Å². The molecule has 0 fully saturated rings. The number of rotatable bonds is 5. The van der Waals surface area contributed by atoms with E-state index in [1.165, 1.54) is 4.52 Å². The highest BCUT2D eigenvalue weighted by Crippen LogP contribution is 2.15. The van der Waals surface area contributed by atoms with Gasteiger partial charge in [-0.3, -0.25) is 4.79 Å². The Morgan fingerprint density at radius 1 is 1.22 bits per heavy atom. The van der Waals surface area contributed by atoms with Gasteiger partial charge in [0.15, 0.2) is 6.61 Å². The largest absolute Gasteiger partial charge is 0.450 e. The number of hydrogen-bond acceptors (Lipinski definition) is 6. The molecule has 3 aromatic rings. The van der Waals surface area contributed by atoms with Crippen molar-refractivity contribution < 1.29 is 14.3 Å². The van der Waals surface area contributed by atoms with Gasteiger partial charge in [0.1, 0.15) is 0 Å². The molecule has 9 heteroatoms. The van der Waals surface area contributed by atoms with E-state index in [1.807, 2.05) is 39.0 Å². The highest BCUT2D eigenvalue weighted by molar-refractivity contribution is 6.30. The first-order chi connectivity index (χ1) is 12.8. The fraction of sp³-hybridized carbons (Fsp3) is 0.278. The van der Waals surface area contributed by atoms with E-state index in [1.54, 1.807) is 12.1 Å². The minimum atomic E-state index is -0.785. The summed E-state index contributed by atoms with van der Waals surface area (Å²) >= 11 is 5.85. The highest BCUT2D eigenvalue weighted by atomic mass is 35.5. The van der Waals surface area contributed by atoms with Gasteiger partial charge in [0.25, 0.3) is 17.5 Å². The van der Waals surface area contributed by atoms with Gasteiger partial charge in [0, 0.05) is 16.4 Å². The van der Waals surface area contributed by atoms with Crippen LogP contribution in [0.5, 0.6) is 0 Å². The Hall–Kier alpha value is -3.00. The molecular weight excluding hydrogens is 370 g/mol. The molecule has 0 saturated carbocycles. The van der Waals surface area contributed by atoms with Crippen molar-refractivity contribution in [3.63, 3.8) is 0 Å². The zero-order chi connectivity index (χ0) is 19.6. The summed E-state index contributed by atoms with van der Waals surface area (Å²) in [6, 6.07) is 8.69. The van der Waals surface area contributed by atoms with Crippen LogP contribution in [0.25, 0.3) is 5.78 Å². The number of ether oxygens (including phenoxy) is 1. The maximum absolute atomic E-state index is 12.1. The quantitative estimate of drug-likeness (QED) is 0.675. The van der Waals surface area contributed by atoms with E-state index < -0.39 is 18.5 Å². The molecule has 140 valence electrons. The molecule has 2 heterocycles. The number of benzene rings is 1. The normalized spacial score (nSPS) is 12.0. The van der Waals surface area contributed by atoms with E-state index in [9.17, 15) is 9.59 Å². The summed E-state index contributed by atoms with van der Waals surface area (Å²) in [5.41, 5.74) is 2.44. The Labute approximate surface area is 160 Å². The van der Waals surface area contributed by atoms with Crippen molar-refractivity contribution in [2.24, 2.45) is 0 Å². The average Bonchev–Trinajstić information content (AvgIpc) is 3.04. The maximum atomic E-state index is 12.1. The topological polar surface area (TPSA) is 98.5 Å². The molecule has 27 heavy (non-hydrogen) atoms. The van der Waals surface area contributed by atoms with Crippen LogP contribution >= 0.6 is 11.6 Å². The molecule has 3 rings (SSSR count). The van der Waals surface area contributed by atoms with Crippen LogP contribution in [0.15, 0.2) is 30.3 Å². The smallest absolute Gasteiger partial charge is 0.378 e. The number of fused-ring (bicyclic) bond motifs is 1. The van der Waals surface area contributed by atoms with Crippen molar-refractivity contribution >= 4 is 29.3 Å². The third-order valence-corrected chi connectivity index (χ3v) is 4.13. The van der Waals surface area contributed by atoms with Gasteiger partial charge in [0.05, 0.1) is 6.04 Å². The van der Waals surface area contributed by atoms with Gasteiger partial charge < -0.3 is 10.1 Å². The standard InChI is InChI=1S/C18H18ClN5O3/c1-10-8-11(2)24-18(20-10)22-16(23-24)17(26)27-9-15(25)21-12(3)13-4-6-14(19)7-5-13/h4-8,12H,9H2,1-3H3,(H,21,25)/t12-/m1/s1. The third kappa shape index (κ3) is 4.40. The number of esters is 1. The average molecular weight is 388 g/mol. The zero-order valence-corrected chi connectivity index (χ0v) is 15.8. The summed E-state index contributed by atoms with van der Waals surface area (Å²) in [5, 5.41) is 7.44. The predicted octanol–water partition coefficient (Wildman–Crippen LogP) is 2.43. The van der Waals surface area contributed by atoms with Crippen molar-refractivity contribution in [3.8, 4) is 0 Å². The van der Waals surface area contributed by atoms with Crippen molar-refractivity contribution in [2.45, 2.75) is 26.8 Å². The van der Waals surface area contributed by atoms with Gasteiger partial charge in [-0.2, -0.15) is 4.98 Å². The second-order valence-corrected chi connectivity index (χ2v) is 6.54. The van der Waals surface area contributed by atoms with Gasteiger partial charge in [-0.15, -0.1) is 5.10 Å². The van der Waals surface area contributed by atoms with E-state index in [4.69, 9.17) is 16.3 Å². The lowest BCUT2D eigenvalue weighted by molar-refractivity contribution is -0.124. The van der Waals surface area contributed by atoms with Crippen LogP contribution in [0.4, 0.5) is 0 Å². The number of hydrogen-bond donors (Lipinski definition) is 1. The molecule has 2 aromatic heterocycles. The van der Waals surface area contributed by atoms with E-state index in [-0.39, 0.29) is 11.9 Å². The summed E-state index contributed by atoms with van der Waals surface area (Å²) in [6.45, 7) is 5.05. The number of aromatic nitrogens is 4. The highest BCUT2D eigenvalue weighted by Gasteiger charge is 2.18.